The summed E-state index contributed by atoms with van der Waals surface area (Å²) in [6.07, 6.45) is -6.38. The van der Waals surface area contributed by atoms with E-state index in [9.17, 15) is 39.8 Å². The number of anilines is 1. The SMILES string of the molecule is O=C1S[C@H](CCC(O)c2ccc(F)cc2)[C@@H](c2ccc(-c3ccc(C4O[C@H](CO)[C@@H](O)[C@H](O)[C@H]4O)cc3)cc2O)N1c1ccccc1. The third kappa shape index (κ3) is 6.79. The highest BCUT2D eigenvalue weighted by atomic mass is 32.2. The largest absolute Gasteiger partial charge is 0.508 e. The Hall–Kier alpha value is -3.81. The molecule has 2 saturated heterocycles. The number of nitrogens with zero attached hydrogens (tertiary/aromatic N) is 1. The van der Waals surface area contributed by atoms with E-state index < -0.39 is 49.3 Å². The summed E-state index contributed by atoms with van der Waals surface area (Å²) < 4.78 is 19.1. The van der Waals surface area contributed by atoms with Gasteiger partial charge in [0.05, 0.1) is 18.8 Å². The number of carbonyl (C=O) groups excluding carboxylic acids is 1. The van der Waals surface area contributed by atoms with Gasteiger partial charge in [-0.3, -0.25) is 9.69 Å². The topological polar surface area (TPSA) is 151 Å². The van der Waals surface area contributed by atoms with Crippen LogP contribution in [0.3, 0.4) is 0 Å². The molecule has 0 spiro atoms. The summed E-state index contributed by atoms with van der Waals surface area (Å²) in [6, 6.07) is 26.6. The van der Waals surface area contributed by atoms with E-state index in [2.05, 4.69) is 0 Å². The summed E-state index contributed by atoms with van der Waals surface area (Å²) in [6.45, 7) is -0.520. The lowest BCUT2D eigenvalue weighted by Crippen LogP contribution is -2.55. The quantitative estimate of drug-likeness (QED) is 0.146. The second-order valence-electron chi connectivity index (χ2n) is 11.9. The normalized spacial score (nSPS) is 26.8. The van der Waals surface area contributed by atoms with Gasteiger partial charge in [-0.1, -0.05) is 78.5 Å². The minimum Gasteiger partial charge on any atom is -0.508 e. The molecule has 0 aromatic heterocycles. The van der Waals surface area contributed by atoms with Crippen molar-refractivity contribution >= 4 is 22.7 Å². The van der Waals surface area contributed by atoms with Crippen molar-refractivity contribution in [3.8, 4) is 16.9 Å². The van der Waals surface area contributed by atoms with Gasteiger partial charge in [-0.05, 0) is 65.4 Å². The summed E-state index contributed by atoms with van der Waals surface area (Å²) in [5.41, 5.74) is 3.80. The number of amides is 1. The first-order chi connectivity index (χ1) is 22.7. The fraction of sp³-hybridized carbons (Fsp3) is 0.306. The summed E-state index contributed by atoms with van der Waals surface area (Å²) in [7, 11) is 0. The third-order valence-electron chi connectivity index (χ3n) is 8.91. The number of hydrogen-bond donors (Lipinski definition) is 6. The van der Waals surface area contributed by atoms with Gasteiger partial charge in [-0.2, -0.15) is 0 Å². The Kier molecular flexibility index (Phi) is 9.95. The summed E-state index contributed by atoms with van der Waals surface area (Å²) in [5, 5.41) is 62.1. The zero-order valence-corrected chi connectivity index (χ0v) is 26.0. The Bertz CT molecular complexity index is 1670. The summed E-state index contributed by atoms with van der Waals surface area (Å²) in [4.78, 5) is 15.1. The van der Waals surface area contributed by atoms with Gasteiger partial charge < -0.3 is 35.4 Å². The molecule has 2 fully saturated rings. The molecule has 246 valence electrons. The van der Waals surface area contributed by atoms with Crippen molar-refractivity contribution in [3.63, 3.8) is 0 Å². The Labute approximate surface area is 275 Å². The second kappa shape index (κ2) is 14.1. The minimum absolute atomic E-state index is 0.00850. The standard InChI is InChI=1S/C36H36FNO8S/c37-24-13-10-21(11-14-24)27(40)16-17-30-31(38(36(45)47-30)25-4-2-1-3-5-25)26-15-12-23(18-28(26)41)20-6-8-22(9-7-20)35-34(44)33(43)32(42)29(19-39)46-35/h1-15,18,27,29-35,39-44H,16-17,19H2/t27?,29-,30-,31-,32-,33+,34-,35?/m1/s1. The van der Waals surface area contributed by atoms with Crippen molar-refractivity contribution < 1.29 is 44.6 Å². The fourth-order valence-corrected chi connectivity index (χ4v) is 7.57. The average Bonchev–Trinajstić information content (AvgIpc) is 3.42. The predicted octanol–water partition coefficient (Wildman–Crippen LogP) is 5.01. The highest BCUT2D eigenvalue weighted by Crippen LogP contribution is 2.49. The van der Waals surface area contributed by atoms with Crippen LogP contribution in [0.25, 0.3) is 11.1 Å². The van der Waals surface area contributed by atoms with Crippen LogP contribution in [0.5, 0.6) is 5.75 Å². The number of aromatic hydroxyl groups is 1. The molecule has 2 unspecified atom stereocenters. The zero-order valence-electron chi connectivity index (χ0n) is 25.2. The molecule has 4 aromatic rings. The highest BCUT2D eigenvalue weighted by Gasteiger charge is 2.45. The Morgan fingerprint density at radius 1 is 0.851 bits per heavy atom. The molecule has 0 bridgehead atoms. The van der Waals surface area contributed by atoms with Crippen molar-refractivity contribution in [2.24, 2.45) is 0 Å². The molecule has 6 N–H and O–H groups in total. The molecule has 11 heteroatoms. The van der Waals surface area contributed by atoms with Gasteiger partial charge in [-0.25, -0.2) is 4.39 Å². The molecular weight excluding hydrogens is 625 g/mol. The Balaban J connectivity index is 1.25. The van der Waals surface area contributed by atoms with Gasteiger partial charge in [0, 0.05) is 16.5 Å². The molecule has 2 aliphatic rings. The fourth-order valence-electron chi connectivity index (χ4n) is 6.33. The van der Waals surface area contributed by atoms with Crippen LogP contribution in [-0.2, 0) is 4.74 Å². The number of carbonyl (C=O) groups is 1. The number of aliphatic hydroxyl groups is 5. The third-order valence-corrected chi connectivity index (χ3v) is 10.1. The number of ether oxygens (including phenoxy) is 1. The maximum Gasteiger partial charge on any atom is 0.287 e. The van der Waals surface area contributed by atoms with Gasteiger partial charge >= 0.3 is 0 Å². The monoisotopic (exact) mass is 661 g/mol. The smallest absolute Gasteiger partial charge is 0.287 e. The van der Waals surface area contributed by atoms with Crippen LogP contribution in [0.1, 0.15) is 47.8 Å². The summed E-state index contributed by atoms with van der Waals surface area (Å²) >= 11 is 1.16. The Morgan fingerprint density at radius 3 is 2.19 bits per heavy atom. The predicted molar refractivity (Wildman–Crippen MR) is 175 cm³/mol. The summed E-state index contributed by atoms with van der Waals surface area (Å²) in [5.74, 6) is -0.397. The van der Waals surface area contributed by atoms with E-state index in [1.807, 2.05) is 36.4 Å². The van der Waals surface area contributed by atoms with Crippen molar-refractivity contribution in [1.82, 2.24) is 0 Å². The van der Waals surface area contributed by atoms with Crippen molar-refractivity contribution in [2.75, 3.05) is 11.5 Å². The van der Waals surface area contributed by atoms with Gasteiger partial charge in [0.15, 0.2) is 0 Å². The van der Waals surface area contributed by atoms with Gasteiger partial charge in [0.1, 0.15) is 42.1 Å². The van der Waals surface area contributed by atoms with Crippen LogP contribution < -0.4 is 4.90 Å². The van der Waals surface area contributed by atoms with Crippen molar-refractivity contribution in [2.45, 2.75) is 60.8 Å². The number of halogens is 1. The van der Waals surface area contributed by atoms with Crippen LogP contribution in [-0.4, -0.2) is 72.2 Å². The first-order valence-electron chi connectivity index (χ1n) is 15.4. The van der Waals surface area contributed by atoms with Crippen molar-refractivity contribution in [3.05, 3.63) is 120 Å². The first kappa shape index (κ1) is 33.1. The number of hydrogen-bond acceptors (Lipinski definition) is 9. The van der Waals surface area contributed by atoms with Gasteiger partial charge in [-0.15, -0.1) is 0 Å². The number of rotatable bonds is 9. The first-order valence-corrected chi connectivity index (χ1v) is 16.3. The number of phenolic OH excluding ortho intramolecular Hbond substituents is 1. The van der Waals surface area contributed by atoms with Crippen LogP contribution in [0.4, 0.5) is 14.9 Å². The molecule has 2 heterocycles. The number of benzene rings is 4. The van der Waals surface area contributed by atoms with Crippen LogP contribution >= 0.6 is 11.8 Å². The molecule has 9 nitrogen and oxygen atoms in total. The lowest BCUT2D eigenvalue weighted by atomic mass is 9.90. The molecule has 2 aliphatic heterocycles. The maximum absolute atomic E-state index is 13.4. The van der Waals surface area contributed by atoms with E-state index in [1.54, 1.807) is 53.4 Å². The lowest BCUT2D eigenvalue weighted by molar-refractivity contribution is -0.231. The lowest BCUT2D eigenvalue weighted by Gasteiger charge is -2.40. The maximum atomic E-state index is 13.4. The average molecular weight is 662 g/mol. The molecule has 6 rings (SSSR count). The van der Waals surface area contributed by atoms with Crippen LogP contribution in [0.2, 0.25) is 0 Å². The molecule has 0 radical (unpaired) electrons. The molecule has 8 atom stereocenters. The molecular formula is C36H36FNO8S. The highest BCUT2D eigenvalue weighted by molar-refractivity contribution is 8.14. The van der Waals surface area contributed by atoms with E-state index in [4.69, 9.17) is 4.74 Å². The van der Waals surface area contributed by atoms with Crippen molar-refractivity contribution in [1.29, 1.82) is 0 Å². The number of thioether (sulfide) groups is 1. The molecule has 1 amide bonds. The Morgan fingerprint density at radius 2 is 1.53 bits per heavy atom. The molecule has 47 heavy (non-hydrogen) atoms. The minimum atomic E-state index is -1.49. The molecule has 0 aliphatic carbocycles. The second-order valence-corrected chi connectivity index (χ2v) is 13.1. The number of aliphatic hydroxyl groups excluding tert-OH is 5. The molecule has 0 saturated carbocycles. The number of para-hydroxylation sites is 1. The zero-order chi connectivity index (χ0) is 33.2. The van der Waals surface area contributed by atoms with E-state index in [1.165, 1.54) is 12.1 Å². The molecule has 4 aromatic carbocycles. The van der Waals surface area contributed by atoms with Crippen LogP contribution in [0.15, 0.2) is 97.1 Å². The van der Waals surface area contributed by atoms with E-state index in [0.29, 0.717) is 40.8 Å². The van der Waals surface area contributed by atoms with E-state index >= 15 is 0 Å². The van der Waals surface area contributed by atoms with Gasteiger partial charge in [0.25, 0.3) is 5.24 Å². The van der Waals surface area contributed by atoms with Gasteiger partial charge in [0.2, 0.25) is 0 Å². The van der Waals surface area contributed by atoms with E-state index in [-0.39, 0.29) is 22.1 Å². The van der Waals surface area contributed by atoms with E-state index in [0.717, 1.165) is 17.3 Å². The number of phenols is 1. The van der Waals surface area contributed by atoms with Crippen LogP contribution in [0, 0.1) is 5.82 Å².